The van der Waals surface area contributed by atoms with Crippen molar-refractivity contribution in [3.8, 4) is 11.3 Å². The summed E-state index contributed by atoms with van der Waals surface area (Å²) in [4.78, 5) is 30.8. The van der Waals surface area contributed by atoms with E-state index in [9.17, 15) is 9.59 Å². The molecule has 29 heavy (non-hydrogen) atoms. The summed E-state index contributed by atoms with van der Waals surface area (Å²) in [5, 5.41) is 5.82. The summed E-state index contributed by atoms with van der Waals surface area (Å²) in [5.74, 6) is -0.0782. The highest BCUT2D eigenvalue weighted by Gasteiger charge is 2.38. The molecule has 0 atom stereocenters. The zero-order valence-corrected chi connectivity index (χ0v) is 16.5. The molecule has 146 valence electrons. The molecule has 1 aromatic heterocycles. The number of imide groups is 1. The number of carbonyl (C=O) groups excluding carboxylic acids is 2. The van der Waals surface area contributed by atoms with Gasteiger partial charge in [-0.15, -0.1) is 5.06 Å². The molecule has 5 rings (SSSR count). The molecule has 8 heteroatoms. The first-order valence-corrected chi connectivity index (χ1v) is 9.85. The average Bonchev–Trinajstić information content (AvgIpc) is 3.43. The number of fused-ring (bicyclic) bond motifs is 1. The molecule has 2 aliphatic rings. The van der Waals surface area contributed by atoms with Gasteiger partial charge in [-0.1, -0.05) is 46.6 Å². The molecule has 1 aliphatic heterocycles. The number of nitrogens with zero attached hydrogens (tertiary/aromatic N) is 2. The maximum atomic E-state index is 12.6. The lowest BCUT2D eigenvalue weighted by Gasteiger charge is -2.14. The van der Waals surface area contributed by atoms with Gasteiger partial charge in [0, 0.05) is 11.5 Å². The van der Waals surface area contributed by atoms with Crippen LogP contribution in [0.3, 0.4) is 0 Å². The van der Waals surface area contributed by atoms with Gasteiger partial charge in [-0.3, -0.25) is 14.4 Å². The van der Waals surface area contributed by atoms with E-state index in [1.807, 2.05) is 0 Å². The van der Waals surface area contributed by atoms with E-state index in [0.29, 0.717) is 43.8 Å². The van der Waals surface area contributed by atoms with Crippen LogP contribution in [0.5, 0.6) is 0 Å². The average molecular weight is 429 g/mol. The highest BCUT2D eigenvalue weighted by atomic mass is 35.5. The van der Waals surface area contributed by atoms with Crippen molar-refractivity contribution in [2.75, 3.05) is 0 Å². The number of amides is 2. The van der Waals surface area contributed by atoms with Gasteiger partial charge < -0.3 is 4.52 Å². The molecule has 2 amide bonds. The molecular weight excluding hydrogens is 415 g/mol. The van der Waals surface area contributed by atoms with Crippen LogP contribution >= 0.6 is 23.2 Å². The van der Waals surface area contributed by atoms with Gasteiger partial charge in [0.05, 0.1) is 26.7 Å². The molecule has 1 fully saturated rings. The fourth-order valence-corrected chi connectivity index (χ4v) is 4.04. The topological polar surface area (TPSA) is 72.6 Å². The second-order valence-corrected chi connectivity index (χ2v) is 7.78. The predicted octanol–water partition coefficient (Wildman–Crippen LogP) is 5.25. The number of aromatic nitrogens is 1. The van der Waals surface area contributed by atoms with Gasteiger partial charge >= 0.3 is 0 Å². The second-order valence-electron chi connectivity index (χ2n) is 6.97. The van der Waals surface area contributed by atoms with Crippen LogP contribution in [0.4, 0.5) is 0 Å². The van der Waals surface area contributed by atoms with Crippen molar-refractivity contribution in [3.63, 3.8) is 0 Å². The molecule has 0 saturated heterocycles. The predicted molar refractivity (Wildman–Crippen MR) is 106 cm³/mol. The molecule has 0 radical (unpaired) electrons. The Balaban J connectivity index is 1.49. The molecule has 0 N–H and O–H groups in total. The fraction of sp³-hybridized carbons (Fsp3) is 0.190. The highest BCUT2D eigenvalue weighted by Crippen LogP contribution is 2.46. The van der Waals surface area contributed by atoms with Crippen molar-refractivity contribution in [3.05, 3.63) is 75.0 Å². The number of halogens is 2. The van der Waals surface area contributed by atoms with E-state index >= 15 is 0 Å². The van der Waals surface area contributed by atoms with Gasteiger partial charge in [0.15, 0.2) is 0 Å². The first-order valence-electron chi connectivity index (χ1n) is 9.10. The third kappa shape index (κ3) is 3.04. The summed E-state index contributed by atoms with van der Waals surface area (Å²) in [5.41, 5.74) is 2.27. The first kappa shape index (κ1) is 18.4. The Morgan fingerprint density at radius 1 is 1.00 bits per heavy atom. The molecule has 6 nitrogen and oxygen atoms in total. The third-order valence-corrected chi connectivity index (χ3v) is 5.69. The van der Waals surface area contributed by atoms with E-state index in [4.69, 9.17) is 32.6 Å². The maximum absolute atomic E-state index is 12.6. The molecule has 0 spiro atoms. The Bertz CT molecular complexity index is 1100. The van der Waals surface area contributed by atoms with Crippen molar-refractivity contribution in [1.82, 2.24) is 10.2 Å². The van der Waals surface area contributed by atoms with E-state index in [0.717, 1.165) is 17.9 Å². The summed E-state index contributed by atoms with van der Waals surface area (Å²) in [7, 11) is 0. The summed E-state index contributed by atoms with van der Waals surface area (Å²) < 4.78 is 5.58. The lowest BCUT2D eigenvalue weighted by atomic mass is 10.0. The van der Waals surface area contributed by atoms with Crippen LogP contribution in [-0.2, 0) is 11.4 Å². The van der Waals surface area contributed by atoms with E-state index in [1.54, 1.807) is 42.5 Å². The SMILES string of the molecule is O=C1c2ccccc2C(=O)N1OCc1c(-c2c(Cl)cccc2Cl)noc1C1CC1. The van der Waals surface area contributed by atoms with Crippen LogP contribution < -0.4 is 0 Å². The third-order valence-electron chi connectivity index (χ3n) is 5.06. The standard InChI is InChI=1S/C21H14Cl2N2O4/c22-15-6-3-7-16(23)17(15)18-14(19(29-24-18)11-8-9-11)10-28-25-20(26)12-4-1-2-5-13(12)21(25)27/h1-7,11H,8-10H2. The largest absolute Gasteiger partial charge is 0.360 e. The fourth-order valence-electron chi connectivity index (χ4n) is 3.46. The van der Waals surface area contributed by atoms with Gasteiger partial charge in [0.25, 0.3) is 11.8 Å². The Labute approximate surface area is 175 Å². The van der Waals surface area contributed by atoms with Gasteiger partial charge in [-0.25, -0.2) is 0 Å². The summed E-state index contributed by atoms with van der Waals surface area (Å²) >= 11 is 12.7. The van der Waals surface area contributed by atoms with Crippen molar-refractivity contribution in [1.29, 1.82) is 0 Å². The van der Waals surface area contributed by atoms with Crippen molar-refractivity contribution in [2.45, 2.75) is 25.4 Å². The van der Waals surface area contributed by atoms with Gasteiger partial charge in [-0.05, 0) is 37.1 Å². The monoisotopic (exact) mass is 428 g/mol. The van der Waals surface area contributed by atoms with Crippen LogP contribution in [0.25, 0.3) is 11.3 Å². The number of rotatable bonds is 5. The molecule has 2 aromatic carbocycles. The molecule has 1 aliphatic carbocycles. The Kier molecular flexibility index (Phi) is 4.42. The van der Waals surface area contributed by atoms with E-state index in [2.05, 4.69) is 5.16 Å². The smallest absolute Gasteiger partial charge is 0.285 e. The molecule has 2 heterocycles. The zero-order valence-electron chi connectivity index (χ0n) is 15.0. The van der Waals surface area contributed by atoms with Gasteiger partial charge in [0.2, 0.25) is 0 Å². The molecule has 3 aromatic rings. The van der Waals surface area contributed by atoms with E-state index in [-0.39, 0.29) is 12.5 Å². The van der Waals surface area contributed by atoms with Crippen molar-refractivity contribution < 1.29 is 18.9 Å². The zero-order chi connectivity index (χ0) is 20.1. The van der Waals surface area contributed by atoms with Crippen molar-refractivity contribution >= 4 is 35.0 Å². The van der Waals surface area contributed by atoms with Crippen LogP contribution in [0.1, 0.15) is 50.8 Å². The van der Waals surface area contributed by atoms with Gasteiger partial charge in [-0.2, -0.15) is 0 Å². The summed E-state index contributed by atoms with van der Waals surface area (Å²) in [6, 6.07) is 11.8. The quantitative estimate of drug-likeness (QED) is 0.518. The lowest BCUT2D eigenvalue weighted by Crippen LogP contribution is -2.29. The van der Waals surface area contributed by atoms with Crippen LogP contribution in [0.15, 0.2) is 47.0 Å². The number of hydrogen-bond donors (Lipinski definition) is 0. The second kappa shape index (κ2) is 6.99. The minimum Gasteiger partial charge on any atom is -0.360 e. The minimum atomic E-state index is -0.493. The van der Waals surface area contributed by atoms with E-state index < -0.39 is 11.8 Å². The van der Waals surface area contributed by atoms with Crippen molar-refractivity contribution in [2.24, 2.45) is 0 Å². The molecular formula is C21H14Cl2N2O4. The van der Waals surface area contributed by atoms with Gasteiger partial charge in [0.1, 0.15) is 18.1 Å². The maximum Gasteiger partial charge on any atom is 0.285 e. The highest BCUT2D eigenvalue weighted by molar-refractivity contribution is 6.39. The van der Waals surface area contributed by atoms with E-state index in [1.165, 1.54) is 0 Å². The minimum absolute atomic E-state index is 0.0717. The Hall–Kier alpha value is -2.67. The summed E-state index contributed by atoms with van der Waals surface area (Å²) in [6.07, 6.45) is 1.95. The normalized spacial score (nSPS) is 15.9. The van der Waals surface area contributed by atoms with Crippen LogP contribution in [-0.4, -0.2) is 22.0 Å². The lowest BCUT2D eigenvalue weighted by molar-refractivity contribution is -0.101. The molecule has 1 saturated carbocycles. The first-order chi connectivity index (χ1) is 14.1. The number of carbonyl (C=O) groups is 2. The summed E-state index contributed by atoms with van der Waals surface area (Å²) in [6.45, 7) is -0.0717. The Morgan fingerprint density at radius 3 is 2.21 bits per heavy atom. The number of hydroxylamine groups is 2. The number of hydrogen-bond acceptors (Lipinski definition) is 5. The molecule has 0 bridgehead atoms. The van der Waals surface area contributed by atoms with Crippen LogP contribution in [0, 0.1) is 0 Å². The number of benzene rings is 2. The molecule has 0 unspecified atom stereocenters. The van der Waals surface area contributed by atoms with Crippen LogP contribution in [0.2, 0.25) is 10.0 Å². The Morgan fingerprint density at radius 2 is 1.62 bits per heavy atom.